The summed E-state index contributed by atoms with van der Waals surface area (Å²) in [5.74, 6) is 0.381. The minimum Gasteiger partial charge on any atom is -0.496 e. The molecule has 1 aliphatic heterocycles. The zero-order valence-corrected chi connectivity index (χ0v) is 14.2. The minimum absolute atomic E-state index is 0.155. The first-order chi connectivity index (χ1) is 12.7. The average Bonchev–Trinajstić information content (AvgIpc) is 2.68. The van der Waals surface area contributed by atoms with Crippen molar-refractivity contribution in [3.63, 3.8) is 0 Å². The summed E-state index contributed by atoms with van der Waals surface area (Å²) in [7, 11) is 1.46. The maximum Gasteiger partial charge on any atom is 0.200 e. The van der Waals surface area contributed by atoms with Crippen LogP contribution in [0, 0.1) is 5.82 Å². The Morgan fingerprint density at radius 3 is 2.77 bits per heavy atom. The molecule has 3 heterocycles. The summed E-state index contributed by atoms with van der Waals surface area (Å²) >= 11 is 0. The van der Waals surface area contributed by atoms with Crippen LogP contribution >= 0.6 is 0 Å². The second-order valence-corrected chi connectivity index (χ2v) is 5.93. The fourth-order valence-electron chi connectivity index (χ4n) is 3.06. The van der Waals surface area contributed by atoms with E-state index in [-0.39, 0.29) is 5.43 Å². The minimum atomic E-state index is -0.415. The lowest BCUT2D eigenvalue weighted by Gasteiger charge is -2.27. The maximum atomic E-state index is 13.5. The SMILES string of the molecule is COc1cc(F)ccc1-c1nccc2c(=O)cc(N3CCOCC3)oc12. The average molecular weight is 356 g/mol. The largest absolute Gasteiger partial charge is 0.496 e. The molecular weight excluding hydrogens is 339 g/mol. The van der Waals surface area contributed by atoms with Gasteiger partial charge in [-0.3, -0.25) is 9.78 Å². The molecule has 0 spiro atoms. The summed E-state index contributed by atoms with van der Waals surface area (Å²) in [5, 5.41) is 0.415. The summed E-state index contributed by atoms with van der Waals surface area (Å²) in [6.45, 7) is 2.44. The van der Waals surface area contributed by atoms with Crippen LogP contribution in [-0.4, -0.2) is 38.4 Å². The zero-order chi connectivity index (χ0) is 18.1. The molecule has 7 heteroatoms. The predicted octanol–water partition coefficient (Wildman–Crippen LogP) is 2.84. The quantitative estimate of drug-likeness (QED) is 0.719. The molecule has 1 aromatic carbocycles. The van der Waals surface area contributed by atoms with E-state index >= 15 is 0 Å². The number of hydrogen-bond donors (Lipinski definition) is 0. The van der Waals surface area contributed by atoms with E-state index in [0.717, 1.165) is 0 Å². The summed E-state index contributed by atoms with van der Waals surface area (Å²) < 4.78 is 30.2. The monoisotopic (exact) mass is 356 g/mol. The molecule has 1 fully saturated rings. The van der Waals surface area contributed by atoms with E-state index in [4.69, 9.17) is 13.9 Å². The van der Waals surface area contributed by atoms with E-state index < -0.39 is 5.82 Å². The van der Waals surface area contributed by atoms with Gasteiger partial charge in [-0.05, 0) is 18.2 Å². The molecule has 0 bridgehead atoms. The molecule has 0 saturated carbocycles. The third-order valence-electron chi connectivity index (χ3n) is 4.37. The molecular formula is C19H17FN2O4. The number of fused-ring (bicyclic) bond motifs is 1. The standard InChI is InChI=1S/C19H17FN2O4/c1-24-16-10-12(20)2-3-14(16)18-19-13(4-5-21-18)15(23)11-17(26-19)22-6-8-25-9-7-22/h2-5,10-11H,6-9H2,1H3. The molecule has 0 aliphatic carbocycles. The number of methoxy groups -OCH3 is 1. The third kappa shape index (κ3) is 2.90. The van der Waals surface area contributed by atoms with Crippen LogP contribution in [0.5, 0.6) is 5.75 Å². The van der Waals surface area contributed by atoms with Crippen LogP contribution < -0.4 is 15.1 Å². The van der Waals surface area contributed by atoms with Gasteiger partial charge < -0.3 is 18.8 Å². The zero-order valence-electron chi connectivity index (χ0n) is 14.2. The van der Waals surface area contributed by atoms with E-state index in [1.807, 2.05) is 4.90 Å². The second kappa shape index (κ2) is 6.76. The Labute approximate surface area is 148 Å². The van der Waals surface area contributed by atoms with E-state index in [1.54, 1.807) is 12.1 Å². The molecule has 6 nitrogen and oxygen atoms in total. The molecule has 26 heavy (non-hydrogen) atoms. The van der Waals surface area contributed by atoms with Crippen LogP contribution in [0.1, 0.15) is 0 Å². The van der Waals surface area contributed by atoms with Gasteiger partial charge in [0.1, 0.15) is 17.3 Å². The van der Waals surface area contributed by atoms with E-state index in [2.05, 4.69) is 4.98 Å². The first-order valence-corrected chi connectivity index (χ1v) is 8.27. The lowest BCUT2D eigenvalue weighted by Crippen LogP contribution is -2.36. The number of ether oxygens (including phenoxy) is 2. The van der Waals surface area contributed by atoms with Gasteiger partial charge >= 0.3 is 0 Å². The Morgan fingerprint density at radius 1 is 1.19 bits per heavy atom. The molecule has 0 amide bonds. The van der Waals surface area contributed by atoms with Crippen molar-refractivity contribution >= 4 is 16.9 Å². The van der Waals surface area contributed by atoms with Gasteiger partial charge in [0.15, 0.2) is 16.9 Å². The van der Waals surface area contributed by atoms with Gasteiger partial charge in [0, 0.05) is 37.0 Å². The van der Waals surface area contributed by atoms with Gasteiger partial charge in [-0.1, -0.05) is 0 Å². The van der Waals surface area contributed by atoms with Crippen LogP contribution in [0.15, 0.2) is 45.7 Å². The van der Waals surface area contributed by atoms with Crippen molar-refractivity contribution in [2.75, 3.05) is 38.3 Å². The van der Waals surface area contributed by atoms with Crippen molar-refractivity contribution in [1.82, 2.24) is 4.98 Å². The van der Waals surface area contributed by atoms with Crippen LogP contribution in [0.2, 0.25) is 0 Å². The van der Waals surface area contributed by atoms with Crippen molar-refractivity contribution in [3.05, 3.63) is 52.6 Å². The summed E-state index contributed by atoms with van der Waals surface area (Å²) in [4.78, 5) is 18.9. The fraction of sp³-hybridized carbons (Fsp3) is 0.263. The van der Waals surface area contributed by atoms with Gasteiger partial charge in [-0.2, -0.15) is 0 Å². The molecule has 3 aromatic rings. The number of hydrogen-bond acceptors (Lipinski definition) is 6. The molecule has 1 saturated heterocycles. The molecule has 2 aromatic heterocycles. The van der Waals surface area contributed by atoms with Crippen molar-refractivity contribution in [1.29, 1.82) is 0 Å². The summed E-state index contributed by atoms with van der Waals surface area (Å²) in [5.41, 5.74) is 1.19. The van der Waals surface area contributed by atoms with Gasteiger partial charge in [-0.15, -0.1) is 0 Å². The highest BCUT2D eigenvalue weighted by molar-refractivity contribution is 5.91. The van der Waals surface area contributed by atoms with Crippen molar-refractivity contribution in [2.45, 2.75) is 0 Å². The highest BCUT2D eigenvalue weighted by Gasteiger charge is 2.19. The normalized spacial score (nSPS) is 14.6. The number of nitrogens with zero attached hydrogens (tertiary/aromatic N) is 2. The predicted molar refractivity (Wildman–Crippen MR) is 95.3 cm³/mol. The molecule has 0 radical (unpaired) electrons. The second-order valence-electron chi connectivity index (χ2n) is 5.93. The Balaban J connectivity index is 1.93. The summed E-state index contributed by atoms with van der Waals surface area (Å²) in [6.07, 6.45) is 1.53. The Kier molecular flexibility index (Phi) is 4.30. The molecule has 4 rings (SSSR count). The number of halogens is 1. The Hall–Kier alpha value is -2.93. The van der Waals surface area contributed by atoms with Gasteiger partial charge in [-0.25, -0.2) is 4.39 Å². The smallest absolute Gasteiger partial charge is 0.200 e. The molecule has 0 atom stereocenters. The van der Waals surface area contributed by atoms with Crippen molar-refractivity contribution < 1.29 is 18.3 Å². The van der Waals surface area contributed by atoms with E-state index in [0.29, 0.717) is 60.2 Å². The maximum absolute atomic E-state index is 13.5. The topological polar surface area (TPSA) is 64.8 Å². The van der Waals surface area contributed by atoms with Crippen LogP contribution in [0.4, 0.5) is 10.3 Å². The molecule has 0 N–H and O–H groups in total. The molecule has 1 aliphatic rings. The van der Waals surface area contributed by atoms with Crippen LogP contribution in [0.3, 0.4) is 0 Å². The lowest BCUT2D eigenvalue weighted by molar-refractivity contribution is 0.121. The Bertz CT molecular complexity index is 1010. The number of pyridine rings is 1. The van der Waals surface area contributed by atoms with E-state index in [9.17, 15) is 9.18 Å². The lowest BCUT2D eigenvalue weighted by atomic mass is 10.1. The van der Waals surface area contributed by atoms with Crippen LogP contribution in [0.25, 0.3) is 22.2 Å². The van der Waals surface area contributed by atoms with Gasteiger partial charge in [0.25, 0.3) is 0 Å². The van der Waals surface area contributed by atoms with Gasteiger partial charge in [0.2, 0.25) is 0 Å². The highest BCUT2D eigenvalue weighted by Crippen LogP contribution is 2.34. The Morgan fingerprint density at radius 2 is 2.00 bits per heavy atom. The first kappa shape index (κ1) is 16.5. The molecule has 134 valence electrons. The van der Waals surface area contributed by atoms with Crippen molar-refractivity contribution in [2.24, 2.45) is 0 Å². The number of benzene rings is 1. The number of rotatable bonds is 3. The van der Waals surface area contributed by atoms with Crippen LogP contribution in [-0.2, 0) is 4.74 Å². The fourth-order valence-corrected chi connectivity index (χ4v) is 3.06. The molecule has 0 unspecified atom stereocenters. The number of morpholine rings is 1. The van der Waals surface area contributed by atoms with E-state index in [1.165, 1.54) is 31.5 Å². The summed E-state index contributed by atoms with van der Waals surface area (Å²) in [6, 6.07) is 7.27. The first-order valence-electron chi connectivity index (χ1n) is 8.27. The highest BCUT2D eigenvalue weighted by atomic mass is 19.1. The van der Waals surface area contributed by atoms with Gasteiger partial charge in [0.05, 0.1) is 25.7 Å². The number of anilines is 1. The third-order valence-corrected chi connectivity index (χ3v) is 4.37. The number of aromatic nitrogens is 1. The van der Waals surface area contributed by atoms with Crippen molar-refractivity contribution in [3.8, 4) is 17.0 Å².